The van der Waals surface area contributed by atoms with E-state index in [-0.39, 0.29) is 20.1 Å². The maximum absolute atomic E-state index is 8.00. The third-order valence-corrected chi connectivity index (χ3v) is 12.2. The normalized spacial score (nSPS) is 10.1. The minimum Gasteiger partial charge on any atom is -0.378 e. The van der Waals surface area contributed by atoms with Crippen LogP contribution in [0.5, 0.6) is 0 Å². The van der Waals surface area contributed by atoms with Gasteiger partial charge in [0, 0.05) is 59.7 Å². The van der Waals surface area contributed by atoms with Crippen molar-refractivity contribution in [3.8, 4) is 0 Å². The molecule has 0 bridgehead atoms. The van der Waals surface area contributed by atoms with Gasteiger partial charge in [-0.25, -0.2) is 0 Å². The predicted octanol–water partition coefficient (Wildman–Crippen LogP) is 6.83. The van der Waals surface area contributed by atoms with Crippen LogP contribution in [0.25, 0.3) is 0 Å². The Morgan fingerprint density at radius 2 is 0.532 bits per heavy atom. The monoisotopic (exact) mass is 833 g/mol. The largest absolute Gasteiger partial charge is 0.378 e. The number of rotatable bonds is 8. The number of nitrogens with zero attached hydrogens (tertiary/aromatic N) is 2. The Kier molecular flexibility index (Phi) is 15.7. The molecule has 6 heteroatoms. The molecule has 0 saturated heterocycles. The Morgan fingerprint density at radius 1 is 0.340 bits per heavy atom. The van der Waals surface area contributed by atoms with E-state index >= 15 is 0 Å². The maximum Gasteiger partial charge on any atom is 0.106 e. The summed E-state index contributed by atoms with van der Waals surface area (Å²) in [6.07, 6.45) is 0. The topological polar surface area (TPSA) is 23.6 Å². The SMILES string of the molecule is C=O.CN(C)c1ccc(P(c2ccccc2)c2ccccc2)cc1.CN(C)c1ccc(P(c2ccccc2)c2ccccc2)cc1.[Ir]. The first-order valence-electron chi connectivity index (χ1n) is 15.2. The van der Waals surface area contributed by atoms with Gasteiger partial charge in [-0.15, -0.1) is 0 Å². The van der Waals surface area contributed by atoms with Gasteiger partial charge in [-0.2, -0.15) is 0 Å². The van der Waals surface area contributed by atoms with Crippen molar-refractivity contribution in [2.45, 2.75) is 0 Å². The van der Waals surface area contributed by atoms with Crippen LogP contribution in [-0.4, -0.2) is 35.0 Å². The van der Waals surface area contributed by atoms with E-state index in [0.717, 1.165) is 0 Å². The molecular weight excluding hydrogens is 791 g/mol. The summed E-state index contributed by atoms with van der Waals surface area (Å²) < 4.78 is 0. The van der Waals surface area contributed by atoms with Crippen LogP contribution in [0.1, 0.15) is 0 Å². The van der Waals surface area contributed by atoms with Crippen molar-refractivity contribution in [3.05, 3.63) is 170 Å². The Hall–Kier alpha value is -3.90. The number of hydrogen-bond donors (Lipinski definition) is 0. The zero-order valence-corrected chi connectivity index (χ0v) is 31.6. The molecule has 6 rings (SSSR count). The molecule has 0 fully saturated rings. The van der Waals surface area contributed by atoms with Gasteiger partial charge >= 0.3 is 0 Å². The van der Waals surface area contributed by atoms with Crippen molar-refractivity contribution < 1.29 is 24.9 Å². The molecule has 241 valence electrons. The number of hydrogen-bond acceptors (Lipinski definition) is 3. The molecule has 0 aromatic heterocycles. The second-order valence-electron chi connectivity index (χ2n) is 10.8. The zero-order valence-electron chi connectivity index (χ0n) is 27.4. The molecule has 0 heterocycles. The third-order valence-electron chi connectivity index (χ3n) is 7.31. The second-order valence-corrected chi connectivity index (χ2v) is 15.3. The van der Waals surface area contributed by atoms with Crippen LogP contribution in [0.3, 0.4) is 0 Å². The van der Waals surface area contributed by atoms with Crippen LogP contribution in [0.15, 0.2) is 170 Å². The van der Waals surface area contributed by atoms with E-state index in [1.54, 1.807) is 0 Å². The van der Waals surface area contributed by atoms with Crippen LogP contribution < -0.4 is 41.6 Å². The van der Waals surface area contributed by atoms with Gasteiger partial charge in [0.05, 0.1) is 0 Å². The summed E-state index contributed by atoms with van der Waals surface area (Å²) in [5, 5.41) is 8.33. The number of carbonyl (C=O) groups excluding carboxylic acids is 1. The molecular formula is C41H42IrN2OP2. The van der Waals surface area contributed by atoms with Crippen molar-refractivity contribution in [3.63, 3.8) is 0 Å². The van der Waals surface area contributed by atoms with Crippen LogP contribution in [0.2, 0.25) is 0 Å². The summed E-state index contributed by atoms with van der Waals surface area (Å²) in [7, 11) is 7.31. The summed E-state index contributed by atoms with van der Waals surface area (Å²) in [4.78, 5) is 12.3. The number of anilines is 2. The molecule has 0 atom stereocenters. The van der Waals surface area contributed by atoms with Crippen molar-refractivity contribution in [2.24, 2.45) is 0 Å². The van der Waals surface area contributed by atoms with Crippen LogP contribution >= 0.6 is 15.8 Å². The number of carbonyl (C=O) groups is 1. The van der Waals surface area contributed by atoms with Crippen molar-refractivity contribution >= 4 is 65.8 Å². The molecule has 0 N–H and O–H groups in total. The van der Waals surface area contributed by atoms with E-state index in [9.17, 15) is 0 Å². The minimum atomic E-state index is -0.496. The van der Waals surface area contributed by atoms with Gasteiger partial charge in [0.2, 0.25) is 0 Å². The van der Waals surface area contributed by atoms with E-state index in [1.807, 2.05) is 6.79 Å². The van der Waals surface area contributed by atoms with Crippen LogP contribution in [-0.2, 0) is 24.9 Å². The van der Waals surface area contributed by atoms with E-state index in [1.165, 1.54) is 43.2 Å². The van der Waals surface area contributed by atoms with Crippen molar-refractivity contribution in [2.75, 3.05) is 38.0 Å². The Balaban J connectivity index is 0.000000238. The molecule has 0 aliphatic carbocycles. The first-order valence-corrected chi connectivity index (χ1v) is 17.8. The summed E-state index contributed by atoms with van der Waals surface area (Å²) >= 11 is 0. The van der Waals surface area contributed by atoms with E-state index in [0.29, 0.717) is 0 Å². The van der Waals surface area contributed by atoms with Gasteiger partial charge in [-0.3, -0.25) is 0 Å². The molecule has 0 saturated carbocycles. The first-order chi connectivity index (χ1) is 22.5. The average Bonchev–Trinajstić information content (AvgIpc) is 3.12. The zero-order chi connectivity index (χ0) is 32.7. The fourth-order valence-corrected chi connectivity index (χ4v) is 9.57. The molecule has 0 aliphatic heterocycles. The summed E-state index contributed by atoms with van der Waals surface area (Å²) in [5.41, 5.74) is 2.47. The third kappa shape index (κ3) is 10.6. The molecule has 0 spiro atoms. The maximum atomic E-state index is 8.00. The minimum absolute atomic E-state index is 0. The molecule has 3 nitrogen and oxygen atoms in total. The van der Waals surface area contributed by atoms with E-state index in [2.05, 4.69) is 208 Å². The van der Waals surface area contributed by atoms with Gasteiger partial charge in [0.15, 0.2) is 0 Å². The van der Waals surface area contributed by atoms with Gasteiger partial charge in [-0.05, 0) is 71.9 Å². The Bertz CT molecular complexity index is 1490. The molecule has 0 amide bonds. The molecule has 0 aliphatic rings. The average molecular weight is 833 g/mol. The Labute approximate surface area is 297 Å². The fourth-order valence-electron chi connectivity index (χ4n) is 5.00. The van der Waals surface area contributed by atoms with Crippen molar-refractivity contribution in [1.29, 1.82) is 0 Å². The van der Waals surface area contributed by atoms with Gasteiger partial charge in [0.25, 0.3) is 0 Å². The van der Waals surface area contributed by atoms with Gasteiger partial charge < -0.3 is 14.6 Å². The van der Waals surface area contributed by atoms with E-state index in [4.69, 9.17) is 4.79 Å². The van der Waals surface area contributed by atoms with Gasteiger partial charge in [0.1, 0.15) is 6.79 Å². The molecule has 6 aromatic carbocycles. The Morgan fingerprint density at radius 3 is 0.723 bits per heavy atom. The second kappa shape index (κ2) is 19.7. The fraction of sp³-hybridized carbons (Fsp3) is 0.0976. The molecule has 6 aromatic rings. The molecule has 47 heavy (non-hydrogen) atoms. The predicted molar refractivity (Wildman–Crippen MR) is 206 cm³/mol. The van der Waals surface area contributed by atoms with E-state index < -0.39 is 15.8 Å². The first kappa shape index (κ1) is 37.6. The van der Waals surface area contributed by atoms with Crippen molar-refractivity contribution in [1.82, 2.24) is 0 Å². The standard InChI is InChI=1S/2C20H20NP.CH2O.Ir/c2*1-21(2)17-13-15-20(16-14-17)22(18-9-5-3-6-10-18)19-11-7-4-8-12-19;1-2;/h2*3-16H,1-2H3;1H2;. The van der Waals surface area contributed by atoms with Crippen LogP contribution in [0.4, 0.5) is 11.4 Å². The smallest absolute Gasteiger partial charge is 0.106 e. The van der Waals surface area contributed by atoms with Crippen LogP contribution in [0, 0.1) is 0 Å². The molecule has 0 unspecified atom stereocenters. The molecule has 1 radical (unpaired) electrons. The quantitative estimate of drug-likeness (QED) is 0.157. The summed E-state index contributed by atoms with van der Waals surface area (Å²) in [5.74, 6) is 0. The number of benzene rings is 6. The summed E-state index contributed by atoms with van der Waals surface area (Å²) in [6, 6.07) is 61.1. The summed E-state index contributed by atoms with van der Waals surface area (Å²) in [6.45, 7) is 2.00. The van der Waals surface area contributed by atoms with Gasteiger partial charge in [-0.1, -0.05) is 146 Å².